The Labute approximate surface area is 118 Å². The minimum atomic E-state index is -4.12. The highest BCUT2D eigenvalue weighted by atomic mass is 35.5. The van der Waals surface area contributed by atoms with Gasteiger partial charge < -0.3 is 10.4 Å². The fraction of sp³-hybridized carbons (Fsp3) is 0.111. The van der Waals surface area contributed by atoms with Crippen LogP contribution in [0.1, 0.15) is 10.4 Å². The fourth-order valence-electron chi connectivity index (χ4n) is 1.17. The monoisotopic (exact) mass is 326 g/mol. The van der Waals surface area contributed by atoms with Crippen molar-refractivity contribution in [3.8, 4) is 0 Å². The van der Waals surface area contributed by atoms with Crippen LogP contribution in [0.5, 0.6) is 0 Å². The second-order valence-corrected chi connectivity index (χ2v) is 5.73. The van der Waals surface area contributed by atoms with Crippen LogP contribution in [-0.2, 0) is 14.8 Å². The summed E-state index contributed by atoms with van der Waals surface area (Å²) in [4.78, 5) is 21.5. The minimum Gasteiger partial charge on any atom is -0.480 e. The normalized spacial score (nSPS) is 11.1. The van der Waals surface area contributed by atoms with Gasteiger partial charge in [-0.15, -0.1) is 0 Å². The number of nitrogens with two attached hydrogens (primary N) is 1. The number of hydrogen-bond donors (Lipinski definition) is 3. The number of carboxylic acids is 1. The van der Waals surface area contributed by atoms with E-state index in [1.807, 2.05) is 5.32 Å². The van der Waals surface area contributed by atoms with Crippen LogP contribution in [0.2, 0.25) is 10.0 Å². The molecule has 0 atom stereocenters. The molecule has 0 aliphatic carbocycles. The molecule has 0 heterocycles. The average Bonchev–Trinajstić information content (AvgIpc) is 2.24. The second-order valence-electron chi connectivity index (χ2n) is 3.38. The molecule has 104 valence electrons. The maximum Gasteiger partial charge on any atom is 0.322 e. The number of primary sulfonamides is 1. The minimum absolute atomic E-state index is 0.125. The molecule has 0 aliphatic heterocycles. The van der Waals surface area contributed by atoms with E-state index in [0.29, 0.717) is 0 Å². The SMILES string of the molecule is NS(=O)(=O)c1cc(C(=O)NCC(=O)O)c(Cl)cc1Cl. The molecular weight excluding hydrogens is 319 g/mol. The first kappa shape index (κ1) is 15.7. The first-order valence-electron chi connectivity index (χ1n) is 4.64. The lowest BCUT2D eigenvalue weighted by molar-refractivity contribution is -0.135. The topological polar surface area (TPSA) is 127 Å². The zero-order valence-corrected chi connectivity index (χ0v) is 11.5. The van der Waals surface area contributed by atoms with Crippen molar-refractivity contribution in [2.45, 2.75) is 4.90 Å². The molecular formula is C9H8Cl2N2O5S. The van der Waals surface area contributed by atoms with Gasteiger partial charge in [-0.25, -0.2) is 13.6 Å². The summed E-state index contributed by atoms with van der Waals surface area (Å²) >= 11 is 11.4. The number of carbonyl (C=O) groups is 2. The van der Waals surface area contributed by atoms with E-state index in [1.165, 1.54) is 0 Å². The highest BCUT2D eigenvalue weighted by molar-refractivity contribution is 7.89. The van der Waals surface area contributed by atoms with Gasteiger partial charge in [-0.05, 0) is 12.1 Å². The third-order valence-electron chi connectivity index (χ3n) is 1.97. The molecule has 0 spiro atoms. The number of hydrogen-bond acceptors (Lipinski definition) is 4. The van der Waals surface area contributed by atoms with Crippen molar-refractivity contribution < 1.29 is 23.1 Å². The number of aliphatic carboxylic acids is 1. The number of halogens is 2. The molecule has 4 N–H and O–H groups in total. The fourth-order valence-corrected chi connectivity index (χ4v) is 2.58. The van der Waals surface area contributed by atoms with E-state index < -0.39 is 33.3 Å². The molecule has 0 fully saturated rings. The zero-order valence-electron chi connectivity index (χ0n) is 9.18. The van der Waals surface area contributed by atoms with Crippen molar-refractivity contribution in [1.29, 1.82) is 0 Å². The molecule has 10 heteroatoms. The summed E-state index contributed by atoms with van der Waals surface area (Å²) in [5, 5.41) is 15.0. The summed E-state index contributed by atoms with van der Waals surface area (Å²) in [6.07, 6.45) is 0. The number of carbonyl (C=O) groups excluding carboxylic acids is 1. The number of amides is 1. The maximum absolute atomic E-state index is 11.6. The molecule has 0 aliphatic rings. The van der Waals surface area contributed by atoms with Gasteiger partial charge >= 0.3 is 5.97 Å². The molecule has 1 aromatic rings. The molecule has 7 nitrogen and oxygen atoms in total. The third kappa shape index (κ3) is 4.06. The van der Waals surface area contributed by atoms with Crippen molar-refractivity contribution in [2.75, 3.05) is 6.54 Å². The van der Waals surface area contributed by atoms with Crippen LogP contribution in [0.15, 0.2) is 17.0 Å². The molecule has 0 aromatic heterocycles. The molecule has 0 radical (unpaired) electrons. The lowest BCUT2D eigenvalue weighted by Gasteiger charge is -2.08. The van der Waals surface area contributed by atoms with Crippen LogP contribution in [0.3, 0.4) is 0 Å². The lowest BCUT2D eigenvalue weighted by Crippen LogP contribution is -2.29. The third-order valence-corrected chi connectivity index (χ3v) is 3.66. The van der Waals surface area contributed by atoms with Gasteiger partial charge in [0, 0.05) is 0 Å². The number of carboxylic acid groups (broad SMARTS) is 1. The number of rotatable bonds is 4. The second kappa shape index (κ2) is 5.74. The molecule has 1 aromatic carbocycles. The summed E-state index contributed by atoms with van der Waals surface area (Å²) < 4.78 is 22.5. The van der Waals surface area contributed by atoms with E-state index >= 15 is 0 Å². The Morgan fingerprint density at radius 2 is 1.84 bits per heavy atom. The van der Waals surface area contributed by atoms with Crippen molar-refractivity contribution in [1.82, 2.24) is 5.32 Å². The predicted molar refractivity (Wildman–Crippen MR) is 67.8 cm³/mol. The summed E-state index contributed by atoms with van der Waals surface area (Å²) in [6.45, 7) is -0.636. The number of nitrogens with one attached hydrogen (secondary N) is 1. The van der Waals surface area contributed by atoms with Gasteiger partial charge in [0.1, 0.15) is 11.4 Å². The van der Waals surface area contributed by atoms with E-state index in [-0.39, 0.29) is 15.6 Å². The maximum atomic E-state index is 11.6. The van der Waals surface area contributed by atoms with Crippen molar-refractivity contribution in [3.63, 3.8) is 0 Å². The van der Waals surface area contributed by atoms with Gasteiger partial charge in [-0.3, -0.25) is 9.59 Å². The van der Waals surface area contributed by atoms with Gasteiger partial charge in [0.25, 0.3) is 5.91 Å². The Morgan fingerprint density at radius 1 is 1.26 bits per heavy atom. The first-order valence-corrected chi connectivity index (χ1v) is 6.95. The average molecular weight is 327 g/mol. The van der Waals surface area contributed by atoms with E-state index in [0.717, 1.165) is 12.1 Å². The smallest absolute Gasteiger partial charge is 0.322 e. The lowest BCUT2D eigenvalue weighted by atomic mass is 10.2. The van der Waals surface area contributed by atoms with Crippen LogP contribution in [0.4, 0.5) is 0 Å². The summed E-state index contributed by atoms with van der Waals surface area (Å²) in [7, 11) is -4.12. The highest BCUT2D eigenvalue weighted by Crippen LogP contribution is 2.27. The van der Waals surface area contributed by atoms with Crippen molar-refractivity contribution in [2.24, 2.45) is 5.14 Å². The summed E-state index contributed by atoms with van der Waals surface area (Å²) in [5.74, 6) is -2.11. The van der Waals surface area contributed by atoms with E-state index in [4.69, 9.17) is 33.4 Å². The van der Waals surface area contributed by atoms with Crippen molar-refractivity contribution in [3.05, 3.63) is 27.7 Å². The zero-order chi connectivity index (χ0) is 14.8. The van der Waals surface area contributed by atoms with Gasteiger partial charge in [0.2, 0.25) is 10.0 Å². The van der Waals surface area contributed by atoms with Crippen LogP contribution in [0.25, 0.3) is 0 Å². The largest absolute Gasteiger partial charge is 0.480 e. The molecule has 1 amide bonds. The predicted octanol–water partition coefficient (Wildman–Crippen LogP) is 0.455. The van der Waals surface area contributed by atoms with Crippen LogP contribution >= 0.6 is 23.2 Å². The van der Waals surface area contributed by atoms with E-state index in [2.05, 4.69) is 0 Å². The molecule has 0 unspecified atom stereocenters. The highest BCUT2D eigenvalue weighted by Gasteiger charge is 2.20. The quantitative estimate of drug-likeness (QED) is 0.740. The van der Waals surface area contributed by atoms with Gasteiger partial charge in [-0.2, -0.15) is 0 Å². The first-order chi connectivity index (χ1) is 8.62. The van der Waals surface area contributed by atoms with Gasteiger partial charge in [0.05, 0.1) is 15.6 Å². The molecule has 0 bridgehead atoms. The van der Waals surface area contributed by atoms with Crippen molar-refractivity contribution >= 4 is 45.1 Å². The Balaban J connectivity index is 3.22. The Kier molecular flexibility index (Phi) is 4.75. The van der Waals surface area contributed by atoms with E-state index in [9.17, 15) is 18.0 Å². The molecule has 0 saturated carbocycles. The van der Waals surface area contributed by atoms with Crippen LogP contribution in [0, 0.1) is 0 Å². The van der Waals surface area contributed by atoms with Gasteiger partial charge in [-0.1, -0.05) is 23.2 Å². The Bertz CT molecular complexity index is 644. The molecule has 1 rings (SSSR count). The summed E-state index contributed by atoms with van der Waals surface area (Å²) in [6, 6.07) is 1.93. The summed E-state index contributed by atoms with van der Waals surface area (Å²) in [5.41, 5.74) is -0.239. The van der Waals surface area contributed by atoms with Crippen LogP contribution in [-0.4, -0.2) is 31.9 Å². The molecule has 19 heavy (non-hydrogen) atoms. The Morgan fingerprint density at radius 3 is 2.32 bits per heavy atom. The van der Waals surface area contributed by atoms with Crippen LogP contribution < -0.4 is 10.5 Å². The number of sulfonamides is 1. The Hall–Kier alpha value is -1.35. The van der Waals surface area contributed by atoms with Gasteiger partial charge in [0.15, 0.2) is 0 Å². The number of benzene rings is 1. The van der Waals surface area contributed by atoms with E-state index in [1.54, 1.807) is 0 Å². The molecule has 0 saturated heterocycles. The standard InChI is InChI=1S/C9H8Cl2N2O5S/c10-5-2-6(11)7(19(12,17)18)1-4(5)9(16)13-3-8(14)15/h1-2H,3H2,(H,13,16)(H,14,15)(H2,12,17,18).